The van der Waals surface area contributed by atoms with Gasteiger partial charge in [0, 0.05) is 24.9 Å². The Morgan fingerprint density at radius 2 is 2.29 bits per heavy atom. The van der Waals surface area contributed by atoms with Gasteiger partial charge in [-0.15, -0.1) is 0 Å². The van der Waals surface area contributed by atoms with Crippen molar-refractivity contribution in [1.82, 2.24) is 4.90 Å². The van der Waals surface area contributed by atoms with Gasteiger partial charge in [-0.3, -0.25) is 0 Å². The number of carbonyl (C=O) groups excluding carboxylic acids is 1. The number of hydrogen-bond acceptors (Lipinski definition) is 3. The van der Waals surface area contributed by atoms with Crippen LogP contribution in [-0.2, 0) is 4.79 Å². The highest BCUT2D eigenvalue weighted by Gasteiger charge is 2.25. The van der Waals surface area contributed by atoms with Crippen LogP contribution in [0, 0.1) is 5.92 Å². The van der Waals surface area contributed by atoms with Crippen molar-refractivity contribution in [3.63, 3.8) is 0 Å². The molecule has 0 aromatic heterocycles. The number of urea groups is 1. The molecule has 1 aliphatic heterocycles. The van der Waals surface area contributed by atoms with Crippen LogP contribution in [0.1, 0.15) is 12.0 Å². The van der Waals surface area contributed by atoms with E-state index < -0.39 is 5.97 Å². The number of amides is 2. The summed E-state index contributed by atoms with van der Waals surface area (Å²) in [5.74, 6) is -0.630. The van der Waals surface area contributed by atoms with Crippen LogP contribution in [0.25, 0.3) is 6.08 Å². The van der Waals surface area contributed by atoms with Gasteiger partial charge in [-0.2, -0.15) is 0 Å². The molecular weight excluding hydrogens is 270 g/mol. The van der Waals surface area contributed by atoms with Crippen LogP contribution in [-0.4, -0.2) is 41.6 Å². The summed E-state index contributed by atoms with van der Waals surface area (Å²) in [6, 6.07) is 6.89. The van der Waals surface area contributed by atoms with Crippen molar-refractivity contribution in [1.29, 1.82) is 0 Å². The molecule has 0 aliphatic carbocycles. The van der Waals surface area contributed by atoms with Crippen molar-refractivity contribution in [3.8, 4) is 0 Å². The lowest BCUT2D eigenvalue weighted by atomic mass is 10.1. The molecule has 2 rings (SSSR count). The van der Waals surface area contributed by atoms with Gasteiger partial charge in [0.1, 0.15) is 0 Å². The van der Waals surface area contributed by atoms with E-state index in [4.69, 9.17) is 10.8 Å². The largest absolute Gasteiger partial charge is 0.478 e. The lowest BCUT2D eigenvalue weighted by Gasteiger charge is -2.17. The Bertz CT molecular complexity index is 557. The molecule has 112 valence electrons. The molecule has 1 unspecified atom stereocenters. The molecule has 2 amide bonds. The summed E-state index contributed by atoms with van der Waals surface area (Å²) in [5.41, 5.74) is 6.97. The average Bonchev–Trinajstić information content (AvgIpc) is 2.94. The third-order valence-corrected chi connectivity index (χ3v) is 3.46. The van der Waals surface area contributed by atoms with Crippen LogP contribution >= 0.6 is 0 Å². The number of nitrogens with one attached hydrogen (secondary N) is 1. The fourth-order valence-electron chi connectivity index (χ4n) is 2.30. The quantitative estimate of drug-likeness (QED) is 0.733. The monoisotopic (exact) mass is 289 g/mol. The highest BCUT2D eigenvalue weighted by Crippen LogP contribution is 2.17. The van der Waals surface area contributed by atoms with E-state index in [0.29, 0.717) is 31.2 Å². The minimum Gasteiger partial charge on any atom is -0.478 e. The average molecular weight is 289 g/mol. The first-order valence-electron chi connectivity index (χ1n) is 6.85. The van der Waals surface area contributed by atoms with Gasteiger partial charge >= 0.3 is 12.0 Å². The van der Waals surface area contributed by atoms with Crippen LogP contribution in [0.3, 0.4) is 0 Å². The number of benzene rings is 1. The zero-order valence-corrected chi connectivity index (χ0v) is 11.7. The van der Waals surface area contributed by atoms with E-state index >= 15 is 0 Å². The van der Waals surface area contributed by atoms with Crippen LogP contribution < -0.4 is 11.1 Å². The second-order valence-electron chi connectivity index (χ2n) is 5.06. The first-order valence-corrected chi connectivity index (χ1v) is 6.85. The Hall–Kier alpha value is -2.34. The summed E-state index contributed by atoms with van der Waals surface area (Å²) >= 11 is 0. The number of anilines is 1. The topological polar surface area (TPSA) is 95.7 Å². The number of aliphatic carboxylic acids is 1. The van der Waals surface area contributed by atoms with E-state index in [0.717, 1.165) is 18.1 Å². The molecule has 1 saturated heterocycles. The number of nitrogens with two attached hydrogens (primary N) is 1. The number of carboxylic acids is 1. The maximum absolute atomic E-state index is 12.1. The molecule has 4 N–H and O–H groups in total. The summed E-state index contributed by atoms with van der Waals surface area (Å²) in [5, 5.41) is 11.4. The first kappa shape index (κ1) is 15.1. The summed E-state index contributed by atoms with van der Waals surface area (Å²) in [7, 11) is 0. The minimum absolute atomic E-state index is 0.148. The number of carboxylic acid groups (broad SMARTS) is 1. The lowest BCUT2D eigenvalue weighted by molar-refractivity contribution is -0.131. The predicted octanol–water partition coefficient (Wildman–Crippen LogP) is 1.60. The van der Waals surface area contributed by atoms with Gasteiger partial charge in [0.2, 0.25) is 0 Å². The van der Waals surface area contributed by atoms with Crippen molar-refractivity contribution in [2.24, 2.45) is 11.7 Å². The maximum Gasteiger partial charge on any atom is 0.328 e. The molecule has 0 radical (unpaired) electrons. The Balaban J connectivity index is 1.98. The van der Waals surface area contributed by atoms with Crippen LogP contribution in [0.2, 0.25) is 0 Å². The Morgan fingerprint density at radius 1 is 1.48 bits per heavy atom. The summed E-state index contributed by atoms with van der Waals surface area (Å²) in [6.45, 7) is 1.99. The summed E-state index contributed by atoms with van der Waals surface area (Å²) < 4.78 is 0. The zero-order chi connectivity index (χ0) is 15.2. The van der Waals surface area contributed by atoms with E-state index in [2.05, 4.69) is 5.32 Å². The zero-order valence-electron chi connectivity index (χ0n) is 11.7. The summed E-state index contributed by atoms with van der Waals surface area (Å²) in [4.78, 5) is 24.4. The minimum atomic E-state index is -1.01. The van der Waals surface area contributed by atoms with Crippen molar-refractivity contribution >= 4 is 23.8 Å². The SMILES string of the molecule is NCC1CCN(C(=O)Nc2cccc(/C=C/C(=O)O)c2)C1. The molecule has 6 heteroatoms. The van der Waals surface area contributed by atoms with Gasteiger partial charge in [0.25, 0.3) is 0 Å². The fraction of sp³-hybridized carbons (Fsp3) is 0.333. The molecule has 0 bridgehead atoms. The Morgan fingerprint density at radius 3 is 2.95 bits per heavy atom. The van der Waals surface area contributed by atoms with Gasteiger partial charge < -0.3 is 21.1 Å². The van der Waals surface area contributed by atoms with Gasteiger partial charge in [-0.25, -0.2) is 9.59 Å². The van der Waals surface area contributed by atoms with E-state index in [1.807, 2.05) is 0 Å². The van der Waals surface area contributed by atoms with Gasteiger partial charge in [-0.05, 0) is 42.7 Å². The van der Waals surface area contributed by atoms with Crippen molar-refractivity contribution in [3.05, 3.63) is 35.9 Å². The molecule has 6 nitrogen and oxygen atoms in total. The number of rotatable bonds is 4. The van der Waals surface area contributed by atoms with Crippen molar-refractivity contribution in [2.75, 3.05) is 25.0 Å². The number of hydrogen-bond donors (Lipinski definition) is 3. The summed E-state index contributed by atoms with van der Waals surface area (Å²) in [6.07, 6.45) is 3.48. The van der Waals surface area contributed by atoms with Gasteiger partial charge in [0.05, 0.1) is 0 Å². The maximum atomic E-state index is 12.1. The number of likely N-dealkylation sites (tertiary alicyclic amines) is 1. The second-order valence-corrected chi connectivity index (χ2v) is 5.06. The van der Waals surface area contributed by atoms with Crippen LogP contribution in [0.4, 0.5) is 10.5 Å². The molecule has 1 atom stereocenters. The van der Waals surface area contributed by atoms with Crippen LogP contribution in [0.15, 0.2) is 30.3 Å². The number of nitrogens with zero attached hydrogens (tertiary/aromatic N) is 1. The van der Waals surface area contributed by atoms with E-state index in [1.165, 1.54) is 6.08 Å². The third-order valence-electron chi connectivity index (χ3n) is 3.46. The molecule has 1 aromatic carbocycles. The van der Waals surface area contributed by atoms with Gasteiger partial charge in [0.15, 0.2) is 0 Å². The number of carbonyl (C=O) groups is 2. The second kappa shape index (κ2) is 6.90. The fourth-order valence-corrected chi connectivity index (χ4v) is 2.30. The standard InChI is InChI=1S/C15H19N3O3/c16-9-12-6-7-18(10-12)15(21)17-13-3-1-2-11(8-13)4-5-14(19)20/h1-5,8,12H,6-7,9-10,16H2,(H,17,21)(H,19,20)/b5-4+. The van der Waals surface area contributed by atoms with E-state index in [1.54, 1.807) is 29.2 Å². The molecule has 1 heterocycles. The Kier molecular flexibility index (Phi) is 4.94. The molecule has 21 heavy (non-hydrogen) atoms. The first-order chi connectivity index (χ1) is 10.1. The molecule has 0 spiro atoms. The molecule has 1 aliphatic rings. The van der Waals surface area contributed by atoms with Crippen LogP contribution in [0.5, 0.6) is 0 Å². The normalized spacial score (nSPS) is 18.1. The van der Waals surface area contributed by atoms with Gasteiger partial charge in [-0.1, -0.05) is 12.1 Å². The third kappa shape index (κ3) is 4.32. The highest BCUT2D eigenvalue weighted by atomic mass is 16.4. The molecule has 0 saturated carbocycles. The van der Waals surface area contributed by atoms with E-state index in [9.17, 15) is 9.59 Å². The molecule has 1 fully saturated rings. The Labute approximate surface area is 123 Å². The van der Waals surface area contributed by atoms with Crippen molar-refractivity contribution < 1.29 is 14.7 Å². The van der Waals surface area contributed by atoms with E-state index in [-0.39, 0.29) is 6.03 Å². The lowest BCUT2D eigenvalue weighted by Crippen LogP contribution is -2.33. The smallest absolute Gasteiger partial charge is 0.328 e. The highest BCUT2D eigenvalue weighted by molar-refractivity contribution is 5.90. The molecular formula is C15H19N3O3. The van der Waals surface area contributed by atoms with Crippen molar-refractivity contribution in [2.45, 2.75) is 6.42 Å². The predicted molar refractivity (Wildman–Crippen MR) is 80.9 cm³/mol. The molecule has 1 aromatic rings.